The largest absolute Gasteiger partial charge is 0.497 e. The van der Waals surface area contributed by atoms with Crippen LogP contribution < -0.4 is 4.74 Å². The Bertz CT molecular complexity index is 550. The quantitative estimate of drug-likeness (QED) is 0.525. The fourth-order valence-electron chi connectivity index (χ4n) is 3.78. The van der Waals surface area contributed by atoms with Crippen molar-refractivity contribution in [3.05, 3.63) is 29.8 Å². The van der Waals surface area contributed by atoms with Gasteiger partial charge < -0.3 is 9.47 Å². The van der Waals surface area contributed by atoms with Crippen molar-refractivity contribution in [3.63, 3.8) is 0 Å². The Morgan fingerprint density at radius 3 is 2.54 bits per heavy atom. The van der Waals surface area contributed by atoms with Gasteiger partial charge in [-0.25, -0.2) is 0 Å². The van der Waals surface area contributed by atoms with E-state index in [1.165, 1.54) is 32.1 Å². The van der Waals surface area contributed by atoms with Crippen molar-refractivity contribution < 1.29 is 9.47 Å². The van der Waals surface area contributed by atoms with Gasteiger partial charge in [-0.2, -0.15) is 0 Å². The first-order valence-corrected chi connectivity index (χ1v) is 10.2. The van der Waals surface area contributed by atoms with Crippen molar-refractivity contribution >= 4 is 6.21 Å². The first-order chi connectivity index (χ1) is 12.4. The molecule has 3 nitrogen and oxygen atoms in total. The lowest BCUT2D eigenvalue weighted by Gasteiger charge is -2.43. The number of nitrogens with zero attached hydrogens (tertiary/aromatic N) is 1. The molecule has 0 N–H and O–H groups in total. The number of methoxy groups -OCH3 is 1. The summed E-state index contributed by atoms with van der Waals surface area (Å²) in [5.74, 6) is 2.24. The molecule has 1 saturated heterocycles. The van der Waals surface area contributed by atoms with Gasteiger partial charge in [-0.1, -0.05) is 34.1 Å². The molecule has 26 heavy (non-hydrogen) atoms. The first-order valence-electron chi connectivity index (χ1n) is 10.2. The van der Waals surface area contributed by atoms with Gasteiger partial charge >= 0.3 is 0 Å². The monoisotopic (exact) mass is 359 g/mol. The van der Waals surface area contributed by atoms with Crippen LogP contribution in [0.2, 0.25) is 0 Å². The molecule has 3 heteroatoms. The highest BCUT2D eigenvalue weighted by Crippen LogP contribution is 2.43. The third kappa shape index (κ3) is 6.42. The molecule has 0 spiro atoms. The number of rotatable bonds is 9. The average Bonchev–Trinajstić information content (AvgIpc) is 2.64. The van der Waals surface area contributed by atoms with Crippen molar-refractivity contribution in [1.29, 1.82) is 0 Å². The predicted octanol–water partition coefficient (Wildman–Crippen LogP) is 5.76. The van der Waals surface area contributed by atoms with Gasteiger partial charge in [0.05, 0.1) is 13.2 Å². The standard InChI is InChI=1S/C23H37NO2/c1-18(2)10-11-23(13-15-26-22(16-23)19(3)4)12-14-24-17-20-6-8-21(25-5)9-7-20/h6-9,17-19,22H,10-16H2,1-5H3/t22-,23-/m1/s1. The smallest absolute Gasteiger partial charge is 0.118 e. The summed E-state index contributed by atoms with van der Waals surface area (Å²) in [6, 6.07) is 8.08. The minimum atomic E-state index is 0.398. The molecule has 0 bridgehead atoms. The van der Waals surface area contributed by atoms with Gasteiger partial charge in [0, 0.05) is 19.4 Å². The zero-order chi connectivity index (χ0) is 19.0. The highest BCUT2D eigenvalue weighted by Gasteiger charge is 2.37. The molecule has 0 aromatic heterocycles. The highest BCUT2D eigenvalue weighted by molar-refractivity contribution is 5.79. The molecule has 2 rings (SSSR count). The Balaban J connectivity index is 1.96. The maximum atomic E-state index is 6.05. The third-order valence-corrected chi connectivity index (χ3v) is 5.72. The molecule has 0 aliphatic carbocycles. The van der Waals surface area contributed by atoms with Crippen LogP contribution in [0.5, 0.6) is 5.75 Å². The van der Waals surface area contributed by atoms with E-state index in [2.05, 4.69) is 39.8 Å². The van der Waals surface area contributed by atoms with E-state index < -0.39 is 0 Å². The molecule has 0 unspecified atom stereocenters. The Labute approximate surface area is 160 Å². The topological polar surface area (TPSA) is 30.8 Å². The predicted molar refractivity (Wildman–Crippen MR) is 110 cm³/mol. The van der Waals surface area contributed by atoms with Crippen LogP contribution in [0.25, 0.3) is 0 Å². The Hall–Kier alpha value is -1.35. The van der Waals surface area contributed by atoms with Gasteiger partial charge in [-0.15, -0.1) is 0 Å². The SMILES string of the molecule is COc1ccc(C=NCC[C@]2(CCC(C)C)CCO[C@@H](C(C)C)C2)cc1. The van der Waals surface area contributed by atoms with E-state index in [1.807, 2.05) is 18.3 Å². The van der Waals surface area contributed by atoms with Crippen LogP contribution in [0.15, 0.2) is 29.3 Å². The number of hydrogen-bond donors (Lipinski definition) is 0. The van der Waals surface area contributed by atoms with E-state index in [1.54, 1.807) is 7.11 Å². The van der Waals surface area contributed by atoms with Crippen LogP contribution >= 0.6 is 0 Å². The summed E-state index contributed by atoms with van der Waals surface area (Å²) < 4.78 is 11.3. The van der Waals surface area contributed by atoms with E-state index in [0.717, 1.165) is 30.4 Å². The minimum Gasteiger partial charge on any atom is -0.497 e. The summed E-state index contributed by atoms with van der Waals surface area (Å²) in [4.78, 5) is 4.73. The summed E-state index contributed by atoms with van der Waals surface area (Å²) >= 11 is 0. The summed E-state index contributed by atoms with van der Waals surface area (Å²) in [5, 5.41) is 0. The molecular formula is C23H37NO2. The maximum absolute atomic E-state index is 6.05. The second kappa shape index (κ2) is 10.1. The second-order valence-electron chi connectivity index (χ2n) is 8.60. The van der Waals surface area contributed by atoms with Crippen LogP contribution in [0.3, 0.4) is 0 Å². The normalized spacial score (nSPS) is 23.9. The van der Waals surface area contributed by atoms with Crippen molar-refractivity contribution in [3.8, 4) is 5.75 Å². The van der Waals surface area contributed by atoms with Gasteiger partial charge in [0.25, 0.3) is 0 Å². The molecule has 0 radical (unpaired) electrons. The lowest BCUT2D eigenvalue weighted by molar-refractivity contribution is -0.0755. The molecule has 146 valence electrons. The van der Waals surface area contributed by atoms with Crippen molar-refractivity contribution in [2.24, 2.45) is 22.2 Å². The van der Waals surface area contributed by atoms with Crippen LogP contribution in [0, 0.1) is 17.3 Å². The Kier molecular flexibility index (Phi) is 8.15. The molecule has 2 atom stereocenters. The molecule has 1 fully saturated rings. The molecule has 0 amide bonds. The number of hydrogen-bond acceptors (Lipinski definition) is 3. The molecule has 1 aromatic carbocycles. The molecule has 1 aliphatic rings. The zero-order valence-corrected chi connectivity index (χ0v) is 17.3. The first kappa shape index (κ1) is 21.0. The second-order valence-corrected chi connectivity index (χ2v) is 8.60. The van der Waals surface area contributed by atoms with E-state index in [9.17, 15) is 0 Å². The molecule has 1 heterocycles. The summed E-state index contributed by atoms with van der Waals surface area (Å²) in [6.45, 7) is 11.0. The zero-order valence-electron chi connectivity index (χ0n) is 17.3. The van der Waals surface area contributed by atoms with Gasteiger partial charge in [0.2, 0.25) is 0 Å². The van der Waals surface area contributed by atoms with Crippen LogP contribution in [0.1, 0.15) is 65.4 Å². The third-order valence-electron chi connectivity index (χ3n) is 5.72. The fraction of sp³-hybridized carbons (Fsp3) is 0.696. The average molecular weight is 360 g/mol. The summed E-state index contributed by atoms with van der Waals surface area (Å²) in [7, 11) is 1.69. The van der Waals surface area contributed by atoms with Crippen LogP contribution in [-0.4, -0.2) is 32.6 Å². The van der Waals surface area contributed by atoms with E-state index in [0.29, 0.717) is 17.4 Å². The van der Waals surface area contributed by atoms with Crippen molar-refractivity contribution in [2.45, 2.75) is 65.9 Å². The molecule has 0 saturated carbocycles. The van der Waals surface area contributed by atoms with Gasteiger partial charge in [-0.05, 0) is 72.8 Å². The minimum absolute atomic E-state index is 0.398. The Morgan fingerprint density at radius 2 is 1.92 bits per heavy atom. The van der Waals surface area contributed by atoms with Gasteiger partial charge in [0.15, 0.2) is 0 Å². The number of benzene rings is 1. The van der Waals surface area contributed by atoms with Crippen molar-refractivity contribution in [2.75, 3.05) is 20.3 Å². The maximum Gasteiger partial charge on any atom is 0.118 e. The lowest BCUT2D eigenvalue weighted by atomic mass is 9.69. The van der Waals surface area contributed by atoms with Crippen LogP contribution in [0.4, 0.5) is 0 Å². The highest BCUT2D eigenvalue weighted by atomic mass is 16.5. The summed E-state index contributed by atoms with van der Waals surface area (Å²) in [6.07, 6.45) is 8.54. The molecule has 1 aliphatic heterocycles. The summed E-state index contributed by atoms with van der Waals surface area (Å²) in [5.41, 5.74) is 1.53. The van der Waals surface area contributed by atoms with Crippen LogP contribution in [-0.2, 0) is 4.74 Å². The van der Waals surface area contributed by atoms with E-state index >= 15 is 0 Å². The van der Waals surface area contributed by atoms with Crippen molar-refractivity contribution in [1.82, 2.24) is 0 Å². The molecule has 1 aromatic rings. The molecular weight excluding hydrogens is 322 g/mol. The lowest BCUT2D eigenvalue weighted by Crippen LogP contribution is -2.38. The number of aliphatic imine (C=N–C) groups is 1. The van der Waals surface area contributed by atoms with E-state index in [4.69, 9.17) is 14.5 Å². The van der Waals surface area contributed by atoms with Gasteiger partial charge in [0.1, 0.15) is 5.75 Å². The fourth-order valence-corrected chi connectivity index (χ4v) is 3.78. The van der Waals surface area contributed by atoms with Gasteiger partial charge in [-0.3, -0.25) is 4.99 Å². The Morgan fingerprint density at radius 1 is 1.19 bits per heavy atom. The van der Waals surface area contributed by atoms with E-state index in [-0.39, 0.29) is 0 Å². The number of ether oxygens (including phenoxy) is 2.